The Balaban J connectivity index is 2.21. The predicted molar refractivity (Wildman–Crippen MR) is 166 cm³/mol. The van der Waals surface area contributed by atoms with Crippen molar-refractivity contribution in [2.24, 2.45) is 0 Å². The van der Waals surface area contributed by atoms with Gasteiger partial charge in [0.1, 0.15) is 0 Å². The van der Waals surface area contributed by atoms with Crippen LogP contribution >= 0.6 is 0 Å². The van der Waals surface area contributed by atoms with Crippen molar-refractivity contribution in [3.8, 4) is 0 Å². The number of hydrogen-bond acceptors (Lipinski definition) is 2. The molecule has 1 rings (SSSR count). The van der Waals surface area contributed by atoms with Gasteiger partial charge < -0.3 is 0 Å². The van der Waals surface area contributed by atoms with Crippen LogP contribution in [0.3, 0.4) is 0 Å². The minimum absolute atomic E-state index is 0.102. The van der Waals surface area contributed by atoms with Crippen molar-refractivity contribution in [2.75, 3.05) is 0 Å². The number of allylic oxidation sites excluding steroid dienone is 2. The molecule has 38 heavy (non-hydrogen) atoms. The molecule has 3 nitrogen and oxygen atoms in total. The number of aryl methyl sites for hydroxylation is 2. The van der Waals surface area contributed by atoms with Gasteiger partial charge in [0.05, 0.1) is 4.90 Å². The summed E-state index contributed by atoms with van der Waals surface area (Å²) in [7, 11) is -4.17. The lowest BCUT2D eigenvalue weighted by molar-refractivity contribution is 0.481. The Bertz CT molecular complexity index is 813. The van der Waals surface area contributed by atoms with E-state index >= 15 is 0 Å². The highest BCUT2D eigenvalue weighted by atomic mass is 32.2. The third-order valence-corrected chi connectivity index (χ3v) is 8.63. The molecule has 0 amide bonds. The summed E-state index contributed by atoms with van der Waals surface area (Å²) in [6.07, 6.45) is 34.5. The van der Waals surface area contributed by atoms with Gasteiger partial charge in [0, 0.05) is 0 Å². The Kier molecular flexibility index (Phi) is 21.8. The van der Waals surface area contributed by atoms with Crippen molar-refractivity contribution in [1.29, 1.82) is 0 Å². The van der Waals surface area contributed by atoms with E-state index in [-0.39, 0.29) is 4.90 Å². The van der Waals surface area contributed by atoms with E-state index < -0.39 is 10.1 Å². The van der Waals surface area contributed by atoms with E-state index in [1.165, 1.54) is 128 Å². The minimum Gasteiger partial charge on any atom is -0.282 e. The zero-order valence-electron chi connectivity index (χ0n) is 25.0. The Hall–Kier alpha value is -1.13. The maximum absolute atomic E-state index is 11.9. The highest BCUT2D eigenvalue weighted by Crippen LogP contribution is 2.22. The van der Waals surface area contributed by atoms with Gasteiger partial charge in [-0.15, -0.1) is 0 Å². The first-order chi connectivity index (χ1) is 18.5. The van der Waals surface area contributed by atoms with Crippen molar-refractivity contribution >= 4 is 10.1 Å². The molecule has 0 aliphatic heterocycles. The summed E-state index contributed by atoms with van der Waals surface area (Å²) in [5.74, 6) is 0. The second-order valence-corrected chi connectivity index (χ2v) is 12.7. The summed E-state index contributed by atoms with van der Waals surface area (Å²) in [6.45, 7) is 4.52. The third-order valence-electron chi connectivity index (χ3n) is 7.68. The number of hydrogen-bond donors (Lipinski definition) is 1. The Labute approximate surface area is 237 Å². The van der Waals surface area contributed by atoms with E-state index in [1.807, 2.05) is 12.1 Å². The molecule has 0 radical (unpaired) electrons. The lowest BCUT2D eigenvalue weighted by Gasteiger charge is -2.10. The van der Waals surface area contributed by atoms with Crippen molar-refractivity contribution in [3.63, 3.8) is 0 Å². The van der Waals surface area contributed by atoms with Gasteiger partial charge in [0.15, 0.2) is 0 Å². The van der Waals surface area contributed by atoms with Gasteiger partial charge in [-0.05, 0) is 68.6 Å². The molecule has 1 N–H and O–H groups in total. The summed E-state index contributed by atoms with van der Waals surface area (Å²) in [5, 5.41) is 0. The van der Waals surface area contributed by atoms with Crippen molar-refractivity contribution in [2.45, 2.75) is 173 Å². The lowest BCUT2D eigenvalue weighted by atomic mass is 9.99. The molecule has 0 aliphatic rings. The van der Waals surface area contributed by atoms with Gasteiger partial charge >= 0.3 is 0 Å². The van der Waals surface area contributed by atoms with Crippen LogP contribution in [0, 0.1) is 0 Å². The maximum Gasteiger partial charge on any atom is 0.294 e. The number of rotatable bonds is 26. The van der Waals surface area contributed by atoms with Crippen LogP contribution in [0.15, 0.2) is 35.2 Å². The molecule has 1 aromatic rings. The van der Waals surface area contributed by atoms with Crippen LogP contribution in [-0.4, -0.2) is 13.0 Å². The van der Waals surface area contributed by atoms with Crippen LogP contribution < -0.4 is 0 Å². The molecule has 0 saturated heterocycles. The summed E-state index contributed by atoms with van der Waals surface area (Å²) in [6, 6.07) is 5.53. The molecule has 0 aliphatic carbocycles. The second-order valence-electron chi connectivity index (χ2n) is 11.3. The molecule has 0 fully saturated rings. The monoisotopic (exact) mass is 548 g/mol. The fourth-order valence-electron chi connectivity index (χ4n) is 5.26. The Morgan fingerprint density at radius 3 is 1.47 bits per heavy atom. The summed E-state index contributed by atoms with van der Waals surface area (Å²) in [5.41, 5.74) is 1.99. The fraction of sp³-hybridized carbons (Fsp3) is 0.765. The van der Waals surface area contributed by atoms with Crippen molar-refractivity contribution in [3.05, 3.63) is 41.5 Å². The minimum atomic E-state index is -4.17. The number of unbranched alkanes of at least 4 members (excludes halogenated alkanes) is 19. The van der Waals surface area contributed by atoms with E-state index in [9.17, 15) is 13.0 Å². The normalized spacial score (nSPS) is 12.1. The van der Waals surface area contributed by atoms with Gasteiger partial charge in [-0.3, -0.25) is 4.55 Å². The van der Waals surface area contributed by atoms with Gasteiger partial charge in [-0.1, -0.05) is 141 Å². The molecule has 0 heterocycles. The third kappa shape index (κ3) is 19.0. The maximum atomic E-state index is 11.9. The van der Waals surface area contributed by atoms with Crippen molar-refractivity contribution < 1.29 is 13.0 Å². The molecule has 4 heteroatoms. The van der Waals surface area contributed by atoms with Crippen LogP contribution in [0.4, 0.5) is 0 Å². The van der Waals surface area contributed by atoms with E-state index in [0.29, 0.717) is 0 Å². The summed E-state index contributed by atoms with van der Waals surface area (Å²) < 4.78 is 33.5. The highest BCUT2D eigenvalue weighted by molar-refractivity contribution is 7.85. The zero-order valence-corrected chi connectivity index (χ0v) is 25.8. The average molecular weight is 549 g/mol. The second kappa shape index (κ2) is 23.7. The lowest BCUT2D eigenvalue weighted by Crippen LogP contribution is -2.04. The average Bonchev–Trinajstić information content (AvgIpc) is 2.89. The topological polar surface area (TPSA) is 54.4 Å². The molecule has 1 aromatic carbocycles. The van der Waals surface area contributed by atoms with Crippen LogP contribution in [0.25, 0.3) is 0 Å². The van der Waals surface area contributed by atoms with E-state index in [1.54, 1.807) is 6.07 Å². The Morgan fingerprint density at radius 1 is 0.579 bits per heavy atom. The van der Waals surface area contributed by atoms with Crippen LogP contribution in [0.5, 0.6) is 0 Å². The largest absolute Gasteiger partial charge is 0.294 e. The molecule has 0 unspecified atom stereocenters. The number of benzene rings is 1. The molecule has 0 bridgehead atoms. The standard InChI is InChI=1S/C34H60O3S/c1-3-5-7-9-11-13-14-15-16-17-18-19-20-22-24-26-28-33-31-32(29-30-34(33)38(35,36)37)27-25-23-21-12-10-8-6-4-2/h15-16,29-31H,3-14,17-28H2,1-2H3,(H,35,36,37)/b16-15-. The molecular formula is C34H60O3S. The van der Waals surface area contributed by atoms with Crippen LogP contribution in [0.1, 0.15) is 166 Å². The zero-order chi connectivity index (χ0) is 27.7. The van der Waals surface area contributed by atoms with Gasteiger partial charge in [-0.2, -0.15) is 8.42 Å². The fourth-order valence-corrected chi connectivity index (χ4v) is 5.99. The Morgan fingerprint density at radius 2 is 1.00 bits per heavy atom. The molecule has 0 atom stereocenters. The molecule has 0 spiro atoms. The SMILES string of the molecule is CCCCCCCC/C=C\CCCCCCCCc1cc(CCCCCCCCCC)ccc1S(=O)(=O)O. The molecule has 0 saturated carbocycles. The smallest absolute Gasteiger partial charge is 0.282 e. The highest BCUT2D eigenvalue weighted by Gasteiger charge is 2.15. The first-order valence-corrected chi connectivity index (χ1v) is 17.7. The summed E-state index contributed by atoms with van der Waals surface area (Å²) in [4.78, 5) is 0.102. The van der Waals surface area contributed by atoms with Gasteiger partial charge in [0.2, 0.25) is 0 Å². The van der Waals surface area contributed by atoms with E-state index in [0.717, 1.165) is 37.7 Å². The van der Waals surface area contributed by atoms with Crippen LogP contribution in [-0.2, 0) is 23.0 Å². The predicted octanol–water partition coefficient (Wildman–Crippen LogP) is 11.2. The van der Waals surface area contributed by atoms with E-state index in [4.69, 9.17) is 0 Å². The first kappa shape index (κ1) is 34.9. The van der Waals surface area contributed by atoms with E-state index in [2.05, 4.69) is 26.0 Å². The van der Waals surface area contributed by atoms with Crippen molar-refractivity contribution in [1.82, 2.24) is 0 Å². The quantitative estimate of drug-likeness (QED) is 0.0711. The van der Waals surface area contributed by atoms with Gasteiger partial charge in [0.25, 0.3) is 10.1 Å². The van der Waals surface area contributed by atoms with Gasteiger partial charge in [-0.25, -0.2) is 0 Å². The van der Waals surface area contributed by atoms with Crippen LogP contribution in [0.2, 0.25) is 0 Å². The molecular weight excluding hydrogens is 488 g/mol. The molecule has 220 valence electrons. The first-order valence-electron chi connectivity index (χ1n) is 16.2. The molecule has 0 aromatic heterocycles. The summed E-state index contributed by atoms with van der Waals surface area (Å²) >= 11 is 0.